The Morgan fingerprint density at radius 3 is 2.54 bits per heavy atom. The van der Waals surface area contributed by atoms with E-state index in [0.29, 0.717) is 29.2 Å². The zero-order valence-corrected chi connectivity index (χ0v) is 16.2. The van der Waals surface area contributed by atoms with Crippen LogP contribution in [0.4, 0.5) is 0 Å². The number of Topliss-reactive ketones (excluding diaryl/α,β-unsaturated/α-hetero) is 1. The second-order valence-corrected chi connectivity index (χ2v) is 7.63. The Labute approximate surface area is 168 Å². The summed E-state index contributed by atoms with van der Waals surface area (Å²) in [6, 6.07) is 17.5. The van der Waals surface area contributed by atoms with Gasteiger partial charge in [-0.15, -0.1) is 0 Å². The van der Waals surface area contributed by atoms with Crippen molar-refractivity contribution in [3.05, 3.63) is 93.0 Å². The van der Waals surface area contributed by atoms with E-state index in [0.717, 1.165) is 16.7 Å². The number of allylic oxidation sites excluding steroid dienone is 3. The Balaban J connectivity index is 1.80. The number of ketones is 1. The van der Waals surface area contributed by atoms with Gasteiger partial charge in [-0.2, -0.15) is 5.26 Å². The van der Waals surface area contributed by atoms with Gasteiger partial charge in [-0.25, -0.2) is 0 Å². The van der Waals surface area contributed by atoms with E-state index in [-0.39, 0.29) is 23.2 Å². The van der Waals surface area contributed by atoms with Crippen LogP contribution in [0.25, 0.3) is 0 Å². The third-order valence-corrected chi connectivity index (χ3v) is 5.76. The number of carbonyl (C=O) groups is 1. The molecule has 2 aromatic rings. The van der Waals surface area contributed by atoms with Crippen molar-refractivity contribution in [1.29, 1.82) is 5.26 Å². The summed E-state index contributed by atoms with van der Waals surface area (Å²) in [4.78, 5) is 13.2. The summed E-state index contributed by atoms with van der Waals surface area (Å²) in [6.45, 7) is 1.99. The number of aryl methyl sites for hydroxylation is 1. The highest BCUT2D eigenvalue weighted by Gasteiger charge is 2.41. The molecule has 140 valence electrons. The van der Waals surface area contributed by atoms with Crippen molar-refractivity contribution in [2.24, 2.45) is 5.73 Å². The van der Waals surface area contributed by atoms with Gasteiger partial charge in [-0.3, -0.25) is 4.79 Å². The summed E-state index contributed by atoms with van der Waals surface area (Å²) in [7, 11) is 0. The summed E-state index contributed by atoms with van der Waals surface area (Å²) in [5, 5.41) is 10.3. The predicted molar refractivity (Wildman–Crippen MR) is 107 cm³/mol. The number of ether oxygens (including phenoxy) is 1. The zero-order valence-electron chi connectivity index (χ0n) is 15.4. The molecule has 1 aliphatic heterocycles. The van der Waals surface area contributed by atoms with Crippen LogP contribution in [0.2, 0.25) is 5.02 Å². The van der Waals surface area contributed by atoms with E-state index in [9.17, 15) is 10.1 Å². The Morgan fingerprint density at radius 2 is 1.86 bits per heavy atom. The zero-order chi connectivity index (χ0) is 19.8. The smallest absolute Gasteiger partial charge is 0.205 e. The highest BCUT2D eigenvalue weighted by molar-refractivity contribution is 6.31. The largest absolute Gasteiger partial charge is 0.444 e. The van der Waals surface area contributed by atoms with Crippen molar-refractivity contribution in [2.45, 2.75) is 31.6 Å². The summed E-state index contributed by atoms with van der Waals surface area (Å²) in [5.41, 5.74) is 9.80. The SMILES string of the molecule is Cc1ccc([C@H]2C(C#N)=C(N)OC3=C2C(=O)C[C@@H](c2ccccc2Cl)C3)cc1. The fraction of sp³-hybridized carbons (Fsp3) is 0.217. The number of halogens is 1. The maximum atomic E-state index is 13.2. The van der Waals surface area contributed by atoms with Gasteiger partial charge in [0.05, 0.1) is 5.92 Å². The highest BCUT2D eigenvalue weighted by atomic mass is 35.5. The van der Waals surface area contributed by atoms with Crippen LogP contribution in [-0.4, -0.2) is 5.78 Å². The molecule has 0 saturated carbocycles. The average molecular weight is 391 g/mol. The first-order chi connectivity index (χ1) is 13.5. The minimum absolute atomic E-state index is 0.0306. The number of nitrogens with two attached hydrogens (primary N) is 1. The molecule has 0 fully saturated rings. The van der Waals surface area contributed by atoms with Gasteiger partial charge in [0.1, 0.15) is 17.4 Å². The van der Waals surface area contributed by atoms with Crippen molar-refractivity contribution >= 4 is 17.4 Å². The Kier molecular flexibility index (Phi) is 4.70. The van der Waals surface area contributed by atoms with E-state index in [4.69, 9.17) is 22.1 Å². The summed E-state index contributed by atoms with van der Waals surface area (Å²) >= 11 is 6.35. The molecule has 2 aromatic carbocycles. The molecule has 5 heteroatoms. The molecule has 2 aliphatic rings. The van der Waals surface area contributed by atoms with Crippen LogP contribution in [-0.2, 0) is 9.53 Å². The Morgan fingerprint density at radius 1 is 1.14 bits per heavy atom. The molecule has 0 radical (unpaired) electrons. The minimum Gasteiger partial charge on any atom is -0.444 e. The lowest BCUT2D eigenvalue weighted by Crippen LogP contribution is -2.30. The summed E-state index contributed by atoms with van der Waals surface area (Å²) < 4.78 is 5.78. The maximum Gasteiger partial charge on any atom is 0.205 e. The molecule has 2 atom stereocenters. The molecule has 2 N–H and O–H groups in total. The third-order valence-electron chi connectivity index (χ3n) is 5.42. The number of nitriles is 1. The van der Waals surface area contributed by atoms with Crippen LogP contribution in [0.5, 0.6) is 0 Å². The molecule has 4 rings (SSSR count). The topological polar surface area (TPSA) is 76.1 Å². The van der Waals surface area contributed by atoms with Crippen molar-refractivity contribution < 1.29 is 9.53 Å². The molecule has 0 amide bonds. The molecule has 0 aromatic heterocycles. The van der Waals surface area contributed by atoms with E-state index in [2.05, 4.69) is 6.07 Å². The van der Waals surface area contributed by atoms with Gasteiger partial charge in [0.15, 0.2) is 5.78 Å². The first-order valence-electron chi connectivity index (χ1n) is 9.14. The van der Waals surface area contributed by atoms with Crippen LogP contribution < -0.4 is 5.73 Å². The number of hydrogen-bond donors (Lipinski definition) is 1. The van der Waals surface area contributed by atoms with Gasteiger partial charge in [-0.05, 0) is 30.0 Å². The Hall–Kier alpha value is -3.03. The van der Waals surface area contributed by atoms with E-state index < -0.39 is 5.92 Å². The molecule has 0 saturated heterocycles. The van der Waals surface area contributed by atoms with E-state index >= 15 is 0 Å². The second kappa shape index (κ2) is 7.18. The van der Waals surface area contributed by atoms with Gasteiger partial charge in [0.25, 0.3) is 0 Å². The molecular weight excluding hydrogens is 372 g/mol. The molecule has 4 nitrogen and oxygen atoms in total. The van der Waals surface area contributed by atoms with Gasteiger partial charge in [0.2, 0.25) is 5.88 Å². The summed E-state index contributed by atoms with van der Waals surface area (Å²) in [5.74, 6) is 0.0174. The van der Waals surface area contributed by atoms with Crippen LogP contribution in [0.3, 0.4) is 0 Å². The van der Waals surface area contributed by atoms with Crippen molar-refractivity contribution in [1.82, 2.24) is 0 Å². The van der Waals surface area contributed by atoms with Crippen molar-refractivity contribution in [3.8, 4) is 6.07 Å². The Bertz CT molecular complexity index is 1060. The predicted octanol–water partition coefficient (Wildman–Crippen LogP) is 4.86. The molecule has 1 heterocycles. The number of nitrogens with zero attached hydrogens (tertiary/aromatic N) is 1. The molecule has 28 heavy (non-hydrogen) atoms. The fourth-order valence-corrected chi connectivity index (χ4v) is 4.32. The third kappa shape index (κ3) is 3.08. The highest BCUT2D eigenvalue weighted by Crippen LogP contribution is 2.47. The van der Waals surface area contributed by atoms with E-state index in [1.54, 1.807) is 0 Å². The van der Waals surface area contributed by atoms with Crippen LogP contribution in [0.15, 0.2) is 71.3 Å². The van der Waals surface area contributed by atoms with Crippen molar-refractivity contribution in [3.63, 3.8) is 0 Å². The molecule has 0 bridgehead atoms. The quantitative estimate of drug-likeness (QED) is 0.794. The lowest BCUT2D eigenvalue weighted by molar-refractivity contribution is -0.117. The van der Waals surface area contributed by atoms with Crippen LogP contribution in [0, 0.1) is 18.3 Å². The molecule has 0 spiro atoms. The first-order valence-corrected chi connectivity index (χ1v) is 9.52. The monoisotopic (exact) mass is 390 g/mol. The van der Waals surface area contributed by atoms with Crippen LogP contribution in [0.1, 0.15) is 41.4 Å². The molecule has 1 aliphatic carbocycles. The van der Waals surface area contributed by atoms with Gasteiger partial charge in [-0.1, -0.05) is 59.6 Å². The van der Waals surface area contributed by atoms with E-state index in [1.165, 1.54) is 0 Å². The van der Waals surface area contributed by atoms with Crippen LogP contribution >= 0.6 is 11.6 Å². The number of carbonyl (C=O) groups excluding carboxylic acids is 1. The number of benzene rings is 2. The minimum atomic E-state index is -0.492. The maximum absolute atomic E-state index is 13.2. The lowest BCUT2D eigenvalue weighted by Gasteiger charge is -2.34. The molecule has 0 unspecified atom stereocenters. The average Bonchev–Trinajstić information content (AvgIpc) is 2.68. The van der Waals surface area contributed by atoms with Gasteiger partial charge in [0, 0.05) is 23.4 Å². The second-order valence-electron chi connectivity index (χ2n) is 7.22. The van der Waals surface area contributed by atoms with Gasteiger partial charge >= 0.3 is 0 Å². The van der Waals surface area contributed by atoms with Crippen molar-refractivity contribution in [2.75, 3.05) is 0 Å². The normalized spacial score (nSPS) is 21.8. The first kappa shape index (κ1) is 18.3. The number of rotatable bonds is 2. The number of hydrogen-bond acceptors (Lipinski definition) is 4. The molecular formula is C23H19ClN2O2. The van der Waals surface area contributed by atoms with E-state index in [1.807, 2.05) is 55.5 Å². The summed E-state index contributed by atoms with van der Waals surface area (Å²) in [6.07, 6.45) is 0.847. The standard InChI is InChI=1S/C23H19ClN2O2/c1-13-6-8-14(9-7-13)21-17(12-25)23(26)28-20-11-15(10-19(27)22(20)21)16-4-2-3-5-18(16)24/h2-9,15,21H,10-11,26H2,1H3/t15-,21+/m1/s1. The fourth-order valence-electron chi connectivity index (χ4n) is 4.03. The lowest BCUT2D eigenvalue weighted by atomic mass is 9.73. The van der Waals surface area contributed by atoms with Gasteiger partial charge < -0.3 is 10.5 Å².